The molecule has 7 heteroatoms. The molecule has 7 nitrogen and oxygen atoms in total. The first-order valence-electron chi connectivity index (χ1n) is 5.30. The van der Waals surface area contributed by atoms with Crippen LogP contribution in [0.15, 0.2) is 24.8 Å². The van der Waals surface area contributed by atoms with Gasteiger partial charge in [0.15, 0.2) is 5.69 Å². The maximum atomic E-state index is 10.7. The Morgan fingerprint density at radius 3 is 2.67 bits per heavy atom. The summed E-state index contributed by atoms with van der Waals surface area (Å²) in [5.41, 5.74) is -0.0656. The van der Waals surface area contributed by atoms with Gasteiger partial charge < -0.3 is 14.6 Å². The molecular formula is C11H13N5O2. The van der Waals surface area contributed by atoms with Gasteiger partial charge in [0.05, 0.1) is 18.9 Å². The van der Waals surface area contributed by atoms with Gasteiger partial charge in [-0.1, -0.05) is 0 Å². The minimum atomic E-state index is -1.08. The molecule has 0 atom stereocenters. The quantitative estimate of drug-likeness (QED) is 0.849. The lowest BCUT2D eigenvalue weighted by Crippen LogP contribution is -2.20. The lowest BCUT2D eigenvalue weighted by Gasteiger charge is -2.17. The Morgan fingerprint density at radius 2 is 2.17 bits per heavy atom. The van der Waals surface area contributed by atoms with E-state index in [0.717, 1.165) is 5.82 Å². The van der Waals surface area contributed by atoms with Crippen LogP contribution in [-0.4, -0.2) is 37.6 Å². The van der Waals surface area contributed by atoms with Crippen LogP contribution in [0, 0.1) is 0 Å². The molecule has 0 fully saturated rings. The summed E-state index contributed by atoms with van der Waals surface area (Å²) in [5, 5.41) is 8.73. The third-order valence-electron chi connectivity index (χ3n) is 2.55. The van der Waals surface area contributed by atoms with E-state index in [1.165, 1.54) is 12.4 Å². The number of carboxylic acid groups (broad SMARTS) is 1. The number of rotatable bonds is 4. The fourth-order valence-electron chi connectivity index (χ4n) is 1.47. The van der Waals surface area contributed by atoms with Crippen LogP contribution >= 0.6 is 0 Å². The average molecular weight is 247 g/mol. The van der Waals surface area contributed by atoms with Crippen molar-refractivity contribution < 1.29 is 9.90 Å². The van der Waals surface area contributed by atoms with Crippen LogP contribution < -0.4 is 4.90 Å². The molecule has 0 aliphatic rings. The lowest BCUT2D eigenvalue weighted by atomic mass is 10.4. The molecule has 0 aliphatic carbocycles. The first-order chi connectivity index (χ1) is 8.58. The standard InChI is InChI=1S/C11H13N5O2/c1-15-4-3-12-10(15)7-16(2)9-6-13-8(5-14-9)11(17)18/h3-6H,7H2,1-2H3,(H,17,18). The molecule has 94 valence electrons. The Bertz CT molecular complexity index is 549. The maximum Gasteiger partial charge on any atom is 0.356 e. The highest BCUT2D eigenvalue weighted by atomic mass is 16.4. The van der Waals surface area contributed by atoms with Crippen molar-refractivity contribution in [3.8, 4) is 0 Å². The van der Waals surface area contributed by atoms with Crippen LogP contribution in [0.4, 0.5) is 5.82 Å². The van der Waals surface area contributed by atoms with E-state index in [2.05, 4.69) is 15.0 Å². The maximum absolute atomic E-state index is 10.7. The zero-order valence-electron chi connectivity index (χ0n) is 10.1. The fourth-order valence-corrected chi connectivity index (χ4v) is 1.47. The van der Waals surface area contributed by atoms with E-state index in [0.29, 0.717) is 12.4 Å². The van der Waals surface area contributed by atoms with Crippen LogP contribution in [-0.2, 0) is 13.6 Å². The smallest absolute Gasteiger partial charge is 0.356 e. The Kier molecular flexibility index (Phi) is 3.22. The number of aromatic nitrogens is 4. The Hall–Kier alpha value is -2.44. The minimum Gasteiger partial charge on any atom is -0.476 e. The van der Waals surface area contributed by atoms with Crippen molar-refractivity contribution in [2.45, 2.75) is 6.54 Å². The van der Waals surface area contributed by atoms with Gasteiger partial charge in [-0.05, 0) is 0 Å². The highest BCUT2D eigenvalue weighted by Gasteiger charge is 2.09. The van der Waals surface area contributed by atoms with Crippen LogP contribution in [0.3, 0.4) is 0 Å². The molecular weight excluding hydrogens is 234 g/mol. The van der Waals surface area contributed by atoms with E-state index < -0.39 is 5.97 Å². The van der Waals surface area contributed by atoms with Gasteiger partial charge in [0.2, 0.25) is 0 Å². The number of anilines is 1. The van der Waals surface area contributed by atoms with Gasteiger partial charge in [-0.2, -0.15) is 0 Å². The summed E-state index contributed by atoms with van der Waals surface area (Å²) in [5.74, 6) is 0.408. The molecule has 1 N–H and O–H groups in total. The van der Waals surface area contributed by atoms with E-state index in [1.54, 1.807) is 6.20 Å². The van der Waals surface area contributed by atoms with Gasteiger partial charge in [0.25, 0.3) is 0 Å². The number of hydrogen-bond acceptors (Lipinski definition) is 5. The van der Waals surface area contributed by atoms with E-state index in [4.69, 9.17) is 5.11 Å². The number of carbonyl (C=O) groups is 1. The summed E-state index contributed by atoms with van der Waals surface area (Å²) >= 11 is 0. The molecule has 18 heavy (non-hydrogen) atoms. The van der Waals surface area contributed by atoms with Gasteiger partial charge in [-0.25, -0.2) is 19.7 Å². The first-order valence-corrected chi connectivity index (χ1v) is 5.30. The first kappa shape index (κ1) is 12.0. The summed E-state index contributed by atoms with van der Waals surface area (Å²) in [7, 11) is 3.76. The molecule has 0 spiro atoms. The molecule has 0 unspecified atom stereocenters. The van der Waals surface area contributed by atoms with Crippen molar-refractivity contribution in [1.82, 2.24) is 19.5 Å². The van der Waals surface area contributed by atoms with Crippen LogP contribution in [0.2, 0.25) is 0 Å². The zero-order valence-corrected chi connectivity index (χ0v) is 10.1. The van der Waals surface area contributed by atoms with Crippen molar-refractivity contribution in [3.05, 3.63) is 36.3 Å². The minimum absolute atomic E-state index is 0.0656. The van der Waals surface area contributed by atoms with Crippen molar-refractivity contribution in [2.24, 2.45) is 7.05 Å². The van der Waals surface area contributed by atoms with Crippen LogP contribution in [0.1, 0.15) is 16.3 Å². The van der Waals surface area contributed by atoms with Crippen molar-refractivity contribution >= 4 is 11.8 Å². The molecule has 0 bridgehead atoms. The van der Waals surface area contributed by atoms with Crippen molar-refractivity contribution in [2.75, 3.05) is 11.9 Å². The molecule has 0 saturated heterocycles. The molecule has 2 aromatic heterocycles. The molecule has 2 heterocycles. The van der Waals surface area contributed by atoms with E-state index in [1.807, 2.05) is 29.8 Å². The highest BCUT2D eigenvalue weighted by molar-refractivity contribution is 5.84. The summed E-state index contributed by atoms with van der Waals surface area (Å²) in [4.78, 5) is 24.6. The number of aryl methyl sites for hydroxylation is 1. The summed E-state index contributed by atoms with van der Waals surface area (Å²) in [6, 6.07) is 0. The normalized spacial score (nSPS) is 10.3. The molecule has 0 amide bonds. The van der Waals surface area contributed by atoms with Crippen molar-refractivity contribution in [3.63, 3.8) is 0 Å². The molecule has 0 saturated carbocycles. The molecule has 2 rings (SSSR count). The van der Waals surface area contributed by atoms with Gasteiger partial charge >= 0.3 is 5.97 Å². The second-order valence-corrected chi connectivity index (χ2v) is 3.88. The van der Waals surface area contributed by atoms with Crippen LogP contribution in [0.5, 0.6) is 0 Å². The van der Waals surface area contributed by atoms with Crippen molar-refractivity contribution in [1.29, 1.82) is 0 Å². The third kappa shape index (κ3) is 2.45. The van der Waals surface area contributed by atoms with E-state index >= 15 is 0 Å². The predicted octanol–water partition coefficient (Wildman–Crippen LogP) is 0.545. The summed E-state index contributed by atoms with van der Waals surface area (Å²) in [6.07, 6.45) is 6.27. The molecule has 0 radical (unpaired) electrons. The van der Waals surface area contributed by atoms with Gasteiger partial charge in [0.1, 0.15) is 11.6 Å². The SMILES string of the molecule is CN(Cc1nccn1C)c1cnc(C(=O)O)cn1. The summed E-state index contributed by atoms with van der Waals surface area (Å²) in [6.45, 7) is 0.574. The molecule has 0 aliphatic heterocycles. The van der Waals surface area contributed by atoms with E-state index in [-0.39, 0.29) is 5.69 Å². The topological polar surface area (TPSA) is 84.1 Å². The van der Waals surface area contributed by atoms with Crippen LogP contribution in [0.25, 0.3) is 0 Å². The number of nitrogens with zero attached hydrogens (tertiary/aromatic N) is 5. The Labute approximate surface area is 104 Å². The largest absolute Gasteiger partial charge is 0.476 e. The molecule has 0 aromatic carbocycles. The number of carboxylic acids is 1. The zero-order chi connectivity index (χ0) is 13.1. The predicted molar refractivity (Wildman–Crippen MR) is 64.3 cm³/mol. The lowest BCUT2D eigenvalue weighted by molar-refractivity contribution is 0.0690. The summed E-state index contributed by atoms with van der Waals surface area (Å²) < 4.78 is 1.91. The monoisotopic (exact) mass is 247 g/mol. The fraction of sp³-hybridized carbons (Fsp3) is 0.273. The van der Waals surface area contributed by atoms with E-state index in [9.17, 15) is 4.79 Å². The van der Waals surface area contributed by atoms with Gasteiger partial charge in [-0.3, -0.25) is 0 Å². The van der Waals surface area contributed by atoms with Gasteiger partial charge in [0, 0.05) is 26.5 Å². The highest BCUT2D eigenvalue weighted by Crippen LogP contribution is 2.10. The second-order valence-electron chi connectivity index (χ2n) is 3.88. The Balaban J connectivity index is 2.12. The third-order valence-corrected chi connectivity index (χ3v) is 2.55. The number of imidazole rings is 1. The van der Waals surface area contributed by atoms with Gasteiger partial charge in [-0.15, -0.1) is 0 Å². The number of hydrogen-bond donors (Lipinski definition) is 1. The molecule has 2 aromatic rings. The Morgan fingerprint density at radius 1 is 1.39 bits per heavy atom. The number of aromatic carboxylic acids is 1. The second kappa shape index (κ2) is 4.82. The average Bonchev–Trinajstić information content (AvgIpc) is 2.75.